The molecule has 168 valence electrons. The van der Waals surface area contributed by atoms with Crippen LogP contribution in [0.5, 0.6) is 5.75 Å². The van der Waals surface area contributed by atoms with Crippen LogP contribution < -0.4 is 14.8 Å². The predicted molar refractivity (Wildman–Crippen MR) is 123 cm³/mol. The molecule has 0 unspecified atom stereocenters. The summed E-state index contributed by atoms with van der Waals surface area (Å²) in [4.78, 5) is 12.4. The smallest absolute Gasteiger partial charge is 0.261 e. The molecular formula is C24H25FN2O4S. The molecule has 6 nitrogen and oxygen atoms in total. The van der Waals surface area contributed by atoms with Gasteiger partial charge in [-0.15, -0.1) is 0 Å². The maximum absolute atomic E-state index is 13.0. The second-order valence-electron chi connectivity index (χ2n) is 7.31. The Hall–Kier alpha value is -3.39. The third-order valence-electron chi connectivity index (χ3n) is 4.64. The van der Waals surface area contributed by atoms with E-state index in [0.29, 0.717) is 18.0 Å². The number of aryl methyl sites for hydroxylation is 1. The number of ether oxygens (including phenoxy) is 1. The third-order valence-corrected chi connectivity index (χ3v) is 6.04. The molecule has 8 heteroatoms. The zero-order valence-electron chi connectivity index (χ0n) is 17.9. The standard InChI is InChI=1S/C24H25FN2O4S/c1-3-14-31-21-10-13-23(17(2)15-21)26-24(28)16-18-4-8-20(9-5-18)27-32(29,30)22-11-6-19(25)7-12-22/h4-13,15,27H,3,14,16H2,1-2H3,(H,26,28). The fourth-order valence-corrected chi connectivity index (χ4v) is 4.04. The Morgan fingerprint density at radius 3 is 2.31 bits per heavy atom. The van der Waals surface area contributed by atoms with Gasteiger partial charge in [0.15, 0.2) is 0 Å². The van der Waals surface area contributed by atoms with Gasteiger partial charge in [0.1, 0.15) is 11.6 Å². The summed E-state index contributed by atoms with van der Waals surface area (Å²) in [6, 6.07) is 16.6. The normalized spacial score (nSPS) is 11.1. The first kappa shape index (κ1) is 23.3. The van der Waals surface area contributed by atoms with Gasteiger partial charge in [-0.1, -0.05) is 19.1 Å². The number of nitrogens with one attached hydrogen (secondary N) is 2. The molecule has 0 fully saturated rings. The molecule has 2 N–H and O–H groups in total. The molecule has 0 saturated carbocycles. The lowest BCUT2D eigenvalue weighted by Gasteiger charge is -2.12. The maximum atomic E-state index is 13.0. The first-order valence-corrected chi connectivity index (χ1v) is 11.7. The summed E-state index contributed by atoms with van der Waals surface area (Å²) in [5.41, 5.74) is 2.69. The third kappa shape index (κ3) is 6.31. The number of halogens is 1. The summed E-state index contributed by atoms with van der Waals surface area (Å²) in [6.07, 6.45) is 1.06. The number of rotatable bonds is 9. The number of anilines is 2. The van der Waals surface area contributed by atoms with Crippen molar-refractivity contribution in [3.8, 4) is 5.75 Å². The molecule has 0 aromatic heterocycles. The number of benzene rings is 3. The number of hydrogen-bond donors (Lipinski definition) is 2. The highest BCUT2D eigenvalue weighted by Crippen LogP contribution is 2.22. The predicted octanol–water partition coefficient (Wildman–Crippen LogP) is 4.90. The van der Waals surface area contributed by atoms with Crippen LogP contribution in [0.3, 0.4) is 0 Å². The van der Waals surface area contributed by atoms with E-state index in [1.165, 1.54) is 12.1 Å². The van der Waals surface area contributed by atoms with E-state index < -0.39 is 15.8 Å². The molecule has 1 amide bonds. The Kier molecular flexibility index (Phi) is 7.48. The lowest BCUT2D eigenvalue weighted by Crippen LogP contribution is -2.15. The second-order valence-corrected chi connectivity index (χ2v) is 8.99. The topological polar surface area (TPSA) is 84.5 Å². The van der Waals surface area contributed by atoms with E-state index in [-0.39, 0.29) is 17.2 Å². The summed E-state index contributed by atoms with van der Waals surface area (Å²) in [5, 5.41) is 2.88. The summed E-state index contributed by atoms with van der Waals surface area (Å²) in [5.74, 6) is 0.0681. The van der Waals surface area contributed by atoms with Crippen molar-refractivity contribution in [3.63, 3.8) is 0 Å². The van der Waals surface area contributed by atoms with Gasteiger partial charge in [0.25, 0.3) is 10.0 Å². The first-order valence-electron chi connectivity index (χ1n) is 10.2. The molecule has 3 aromatic carbocycles. The van der Waals surface area contributed by atoms with Crippen LogP contribution in [0.1, 0.15) is 24.5 Å². The van der Waals surface area contributed by atoms with Crippen molar-refractivity contribution in [1.82, 2.24) is 0 Å². The summed E-state index contributed by atoms with van der Waals surface area (Å²) in [7, 11) is -3.83. The minimum atomic E-state index is -3.83. The van der Waals surface area contributed by atoms with Gasteiger partial charge in [-0.3, -0.25) is 9.52 Å². The molecule has 3 rings (SSSR count). The summed E-state index contributed by atoms with van der Waals surface area (Å²) in [6.45, 7) is 4.58. The van der Waals surface area contributed by atoms with Gasteiger partial charge in [-0.2, -0.15) is 0 Å². The van der Waals surface area contributed by atoms with Crippen molar-refractivity contribution in [2.45, 2.75) is 31.6 Å². The van der Waals surface area contributed by atoms with Crippen molar-refractivity contribution >= 4 is 27.3 Å². The van der Waals surface area contributed by atoms with Gasteiger partial charge in [0.2, 0.25) is 5.91 Å². The van der Waals surface area contributed by atoms with Gasteiger partial charge in [-0.25, -0.2) is 12.8 Å². The molecule has 0 bridgehead atoms. The monoisotopic (exact) mass is 456 g/mol. The van der Waals surface area contributed by atoms with Crippen molar-refractivity contribution in [3.05, 3.63) is 83.7 Å². The highest BCUT2D eigenvalue weighted by Gasteiger charge is 2.14. The Morgan fingerprint density at radius 2 is 1.69 bits per heavy atom. The van der Waals surface area contributed by atoms with Crippen LogP contribution in [0.25, 0.3) is 0 Å². The van der Waals surface area contributed by atoms with Crippen LogP contribution in [0.4, 0.5) is 15.8 Å². The van der Waals surface area contributed by atoms with E-state index in [0.717, 1.165) is 35.4 Å². The van der Waals surface area contributed by atoms with Crippen LogP contribution in [0.2, 0.25) is 0 Å². The Balaban J connectivity index is 1.59. The van der Waals surface area contributed by atoms with Crippen molar-refractivity contribution in [1.29, 1.82) is 0 Å². The SMILES string of the molecule is CCCOc1ccc(NC(=O)Cc2ccc(NS(=O)(=O)c3ccc(F)cc3)cc2)c(C)c1. The van der Waals surface area contributed by atoms with Gasteiger partial charge in [0.05, 0.1) is 17.9 Å². The average molecular weight is 457 g/mol. The lowest BCUT2D eigenvalue weighted by molar-refractivity contribution is -0.115. The molecule has 0 radical (unpaired) electrons. The Labute approximate surface area is 187 Å². The molecule has 0 saturated heterocycles. The van der Waals surface area contributed by atoms with E-state index in [1.54, 1.807) is 24.3 Å². The summed E-state index contributed by atoms with van der Waals surface area (Å²) < 4.78 is 45.8. The zero-order valence-corrected chi connectivity index (χ0v) is 18.7. The van der Waals surface area contributed by atoms with Gasteiger partial charge in [0, 0.05) is 11.4 Å². The number of carbonyl (C=O) groups excluding carboxylic acids is 1. The molecule has 0 aliphatic rings. The quantitative estimate of drug-likeness (QED) is 0.479. The van der Waals surface area contributed by atoms with E-state index in [2.05, 4.69) is 10.0 Å². The maximum Gasteiger partial charge on any atom is 0.261 e. The molecule has 0 aliphatic carbocycles. The van der Waals surface area contributed by atoms with E-state index in [1.807, 2.05) is 32.0 Å². The van der Waals surface area contributed by atoms with E-state index >= 15 is 0 Å². The zero-order chi connectivity index (χ0) is 23.1. The van der Waals surface area contributed by atoms with Crippen LogP contribution in [0.15, 0.2) is 71.6 Å². The fourth-order valence-electron chi connectivity index (χ4n) is 2.98. The fraction of sp³-hybridized carbons (Fsp3) is 0.208. The van der Waals surface area contributed by atoms with Crippen LogP contribution in [0, 0.1) is 12.7 Å². The molecule has 0 aliphatic heterocycles. The molecule has 0 atom stereocenters. The van der Waals surface area contributed by atoms with E-state index in [9.17, 15) is 17.6 Å². The highest BCUT2D eigenvalue weighted by molar-refractivity contribution is 7.92. The first-order chi connectivity index (χ1) is 15.3. The minimum Gasteiger partial charge on any atom is -0.494 e. The number of hydrogen-bond acceptors (Lipinski definition) is 4. The summed E-state index contributed by atoms with van der Waals surface area (Å²) >= 11 is 0. The van der Waals surface area contributed by atoms with Gasteiger partial charge >= 0.3 is 0 Å². The molecule has 3 aromatic rings. The molecule has 32 heavy (non-hydrogen) atoms. The van der Waals surface area contributed by atoms with Crippen LogP contribution >= 0.6 is 0 Å². The van der Waals surface area contributed by atoms with Crippen molar-refractivity contribution in [2.24, 2.45) is 0 Å². The number of amides is 1. The van der Waals surface area contributed by atoms with Crippen molar-refractivity contribution in [2.75, 3.05) is 16.6 Å². The molecular weight excluding hydrogens is 431 g/mol. The van der Waals surface area contributed by atoms with Gasteiger partial charge in [-0.05, 0) is 79.1 Å². The lowest BCUT2D eigenvalue weighted by atomic mass is 10.1. The highest BCUT2D eigenvalue weighted by atomic mass is 32.2. The number of carbonyl (C=O) groups is 1. The molecule has 0 heterocycles. The van der Waals surface area contributed by atoms with Crippen LogP contribution in [-0.4, -0.2) is 20.9 Å². The van der Waals surface area contributed by atoms with Crippen molar-refractivity contribution < 1.29 is 22.3 Å². The Morgan fingerprint density at radius 1 is 1.00 bits per heavy atom. The van der Waals surface area contributed by atoms with Crippen LogP contribution in [-0.2, 0) is 21.2 Å². The minimum absolute atomic E-state index is 0.0381. The number of sulfonamides is 1. The Bertz CT molecular complexity index is 1180. The molecule has 0 spiro atoms. The van der Waals surface area contributed by atoms with Gasteiger partial charge < -0.3 is 10.1 Å². The second kappa shape index (κ2) is 10.3. The largest absolute Gasteiger partial charge is 0.494 e. The average Bonchev–Trinajstić information content (AvgIpc) is 2.75. The van der Waals surface area contributed by atoms with E-state index in [4.69, 9.17) is 4.74 Å².